The van der Waals surface area contributed by atoms with Gasteiger partial charge in [0.15, 0.2) is 0 Å². The van der Waals surface area contributed by atoms with Gasteiger partial charge in [0.25, 0.3) is 0 Å². The lowest BCUT2D eigenvalue weighted by atomic mass is 9.93. The monoisotopic (exact) mass is 382 g/mol. The van der Waals surface area contributed by atoms with Crippen molar-refractivity contribution in [3.05, 3.63) is 42.5 Å². The van der Waals surface area contributed by atoms with E-state index < -0.39 is 17.4 Å². The molecule has 2 amide bonds. The Bertz CT molecular complexity index is 930. The lowest BCUT2D eigenvalue weighted by Gasteiger charge is -2.28. The summed E-state index contributed by atoms with van der Waals surface area (Å²) in [6, 6.07) is 13.6. The van der Waals surface area contributed by atoms with Crippen LogP contribution < -0.4 is 10.2 Å². The summed E-state index contributed by atoms with van der Waals surface area (Å²) in [5.41, 5.74) is -0.0957. The Morgan fingerprint density at radius 1 is 1.21 bits per heavy atom. The standard InChI is InChI=1S/C21H22N2O5/c24-18-10-15(20(27)22-21(11-19(25)26)8-9-28-13-21)12-23(18)17-7-3-5-14-4-1-2-6-16(14)17/h1-7,15H,8-13H2,(H,22,27)(H,25,26). The van der Waals surface area contributed by atoms with E-state index in [2.05, 4.69) is 5.32 Å². The second-order valence-electron chi connectivity index (χ2n) is 7.55. The van der Waals surface area contributed by atoms with Gasteiger partial charge in [-0.1, -0.05) is 36.4 Å². The Morgan fingerprint density at radius 2 is 2.00 bits per heavy atom. The number of fused-ring (bicyclic) bond motifs is 1. The highest BCUT2D eigenvalue weighted by Crippen LogP contribution is 2.32. The number of carboxylic acid groups (broad SMARTS) is 1. The van der Waals surface area contributed by atoms with Crippen molar-refractivity contribution in [3.8, 4) is 0 Å². The Labute approximate surface area is 162 Å². The van der Waals surface area contributed by atoms with Gasteiger partial charge in [-0.3, -0.25) is 14.4 Å². The number of carboxylic acids is 1. The first-order chi connectivity index (χ1) is 13.5. The summed E-state index contributed by atoms with van der Waals surface area (Å²) < 4.78 is 5.33. The van der Waals surface area contributed by atoms with Crippen molar-refractivity contribution in [1.82, 2.24) is 5.32 Å². The molecule has 4 rings (SSSR count). The maximum atomic E-state index is 12.8. The van der Waals surface area contributed by atoms with Crippen molar-refractivity contribution in [2.24, 2.45) is 5.92 Å². The van der Waals surface area contributed by atoms with Gasteiger partial charge in [-0.2, -0.15) is 0 Å². The highest BCUT2D eigenvalue weighted by molar-refractivity contribution is 6.07. The van der Waals surface area contributed by atoms with Crippen molar-refractivity contribution < 1.29 is 24.2 Å². The number of anilines is 1. The van der Waals surface area contributed by atoms with Crippen LogP contribution >= 0.6 is 0 Å². The van der Waals surface area contributed by atoms with Gasteiger partial charge in [-0.15, -0.1) is 0 Å². The van der Waals surface area contributed by atoms with Crippen LogP contribution in [0.4, 0.5) is 5.69 Å². The molecule has 2 atom stereocenters. The number of carbonyl (C=O) groups excluding carboxylic acids is 2. The third-order valence-electron chi connectivity index (χ3n) is 5.53. The summed E-state index contributed by atoms with van der Waals surface area (Å²) in [4.78, 5) is 38.4. The molecule has 7 heteroatoms. The fourth-order valence-electron chi connectivity index (χ4n) is 4.10. The maximum Gasteiger partial charge on any atom is 0.305 e. The van der Waals surface area contributed by atoms with Gasteiger partial charge in [0.1, 0.15) is 0 Å². The molecule has 0 aliphatic carbocycles. The molecule has 7 nitrogen and oxygen atoms in total. The minimum Gasteiger partial charge on any atom is -0.481 e. The second kappa shape index (κ2) is 7.24. The van der Waals surface area contributed by atoms with Crippen molar-refractivity contribution >= 4 is 34.2 Å². The number of carbonyl (C=O) groups is 3. The Hall–Kier alpha value is -2.93. The SMILES string of the molecule is O=C(O)CC1(NC(=O)C2CC(=O)N(c3cccc4ccccc34)C2)CCOC1. The zero-order valence-electron chi connectivity index (χ0n) is 15.4. The topological polar surface area (TPSA) is 95.9 Å². The molecule has 2 fully saturated rings. The van der Waals surface area contributed by atoms with Crippen molar-refractivity contribution in [2.75, 3.05) is 24.7 Å². The molecule has 0 aromatic heterocycles. The summed E-state index contributed by atoms with van der Waals surface area (Å²) in [7, 11) is 0. The molecular formula is C21H22N2O5. The minimum atomic E-state index is -0.981. The number of rotatable bonds is 5. The van der Waals surface area contributed by atoms with Gasteiger partial charge < -0.3 is 20.1 Å². The predicted octanol–water partition coefficient (Wildman–Crippen LogP) is 1.94. The fraction of sp³-hybridized carbons (Fsp3) is 0.381. The van der Waals surface area contributed by atoms with E-state index in [1.165, 1.54) is 0 Å². The lowest BCUT2D eigenvalue weighted by Crippen LogP contribution is -2.52. The first kappa shape index (κ1) is 18.4. The molecular weight excluding hydrogens is 360 g/mol. The number of amides is 2. The third-order valence-corrected chi connectivity index (χ3v) is 5.53. The number of nitrogens with zero attached hydrogens (tertiary/aromatic N) is 1. The van der Waals surface area contributed by atoms with Gasteiger partial charge in [-0.05, 0) is 17.9 Å². The number of benzene rings is 2. The van der Waals surface area contributed by atoms with E-state index in [1.807, 2.05) is 42.5 Å². The Kier molecular flexibility index (Phi) is 4.77. The minimum absolute atomic E-state index is 0.105. The van der Waals surface area contributed by atoms with Crippen LogP contribution in [0.3, 0.4) is 0 Å². The molecule has 2 aliphatic rings. The van der Waals surface area contributed by atoms with Crippen LogP contribution in [-0.2, 0) is 19.1 Å². The van der Waals surface area contributed by atoms with E-state index in [9.17, 15) is 19.5 Å². The summed E-state index contributed by atoms with van der Waals surface area (Å²) in [6.45, 7) is 0.876. The van der Waals surface area contributed by atoms with E-state index in [4.69, 9.17) is 4.74 Å². The van der Waals surface area contributed by atoms with E-state index in [0.717, 1.165) is 16.5 Å². The molecule has 0 radical (unpaired) electrons. The second-order valence-corrected chi connectivity index (χ2v) is 7.55. The van der Waals surface area contributed by atoms with Crippen LogP contribution in [0.25, 0.3) is 10.8 Å². The van der Waals surface area contributed by atoms with E-state index in [0.29, 0.717) is 13.0 Å². The van der Waals surface area contributed by atoms with Gasteiger partial charge in [-0.25, -0.2) is 0 Å². The molecule has 2 N–H and O–H groups in total. The van der Waals surface area contributed by atoms with Gasteiger partial charge in [0, 0.05) is 25.0 Å². The van der Waals surface area contributed by atoms with E-state index in [-0.39, 0.29) is 37.8 Å². The third kappa shape index (κ3) is 3.45. The van der Waals surface area contributed by atoms with Gasteiger partial charge >= 0.3 is 5.97 Å². The first-order valence-corrected chi connectivity index (χ1v) is 9.37. The molecule has 2 aromatic rings. The Morgan fingerprint density at radius 3 is 2.75 bits per heavy atom. The molecule has 2 aliphatic heterocycles. The number of ether oxygens (including phenoxy) is 1. The summed E-state index contributed by atoms with van der Waals surface area (Å²) in [6.07, 6.45) is 0.379. The molecule has 2 aromatic carbocycles. The van der Waals surface area contributed by atoms with Crippen LogP contribution in [0.2, 0.25) is 0 Å². The number of nitrogens with one attached hydrogen (secondary N) is 1. The average Bonchev–Trinajstić information content (AvgIpc) is 3.27. The quantitative estimate of drug-likeness (QED) is 0.824. The van der Waals surface area contributed by atoms with Crippen LogP contribution in [0, 0.1) is 5.92 Å². The van der Waals surface area contributed by atoms with Crippen LogP contribution in [-0.4, -0.2) is 48.2 Å². The molecule has 2 unspecified atom stereocenters. The first-order valence-electron chi connectivity index (χ1n) is 9.37. The Balaban J connectivity index is 1.53. The molecule has 0 spiro atoms. The smallest absolute Gasteiger partial charge is 0.305 e. The molecule has 146 valence electrons. The van der Waals surface area contributed by atoms with E-state index >= 15 is 0 Å². The molecule has 0 saturated carbocycles. The highest BCUT2D eigenvalue weighted by atomic mass is 16.5. The number of hydrogen-bond acceptors (Lipinski definition) is 4. The van der Waals surface area contributed by atoms with Crippen LogP contribution in [0.15, 0.2) is 42.5 Å². The highest BCUT2D eigenvalue weighted by Gasteiger charge is 2.42. The molecule has 2 saturated heterocycles. The normalized spacial score (nSPS) is 24.6. The van der Waals surface area contributed by atoms with Gasteiger partial charge in [0.05, 0.1) is 30.2 Å². The maximum absolute atomic E-state index is 12.8. The largest absolute Gasteiger partial charge is 0.481 e. The molecule has 0 bridgehead atoms. The van der Waals surface area contributed by atoms with Crippen molar-refractivity contribution in [2.45, 2.75) is 24.8 Å². The summed E-state index contributed by atoms with van der Waals surface area (Å²) in [5, 5.41) is 14.0. The zero-order valence-corrected chi connectivity index (χ0v) is 15.4. The van der Waals surface area contributed by atoms with Crippen molar-refractivity contribution in [3.63, 3.8) is 0 Å². The number of aliphatic carboxylic acids is 1. The fourth-order valence-corrected chi connectivity index (χ4v) is 4.10. The average molecular weight is 382 g/mol. The van der Waals surface area contributed by atoms with E-state index in [1.54, 1.807) is 4.90 Å². The van der Waals surface area contributed by atoms with Crippen LogP contribution in [0.1, 0.15) is 19.3 Å². The number of hydrogen-bond donors (Lipinski definition) is 2. The summed E-state index contributed by atoms with van der Waals surface area (Å²) in [5.74, 6) is -1.89. The van der Waals surface area contributed by atoms with Crippen molar-refractivity contribution in [1.29, 1.82) is 0 Å². The molecule has 2 heterocycles. The summed E-state index contributed by atoms with van der Waals surface area (Å²) >= 11 is 0. The van der Waals surface area contributed by atoms with Gasteiger partial charge in [0.2, 0.25) is 11.8 Å². The zero-order chi connectivity index (χ0) is 19.7. The molecule has 28 heavy (non-hydrogen) atoms. The lowest BCUT2D eigenvalue weighted by molar-refractivity contribution is -0.139. The predicted molar refractivity (Wildman–Crippen MR) is 103 cm³/mol. The van der Waals surface area contributed by atoms with Crippen LogP contribution in [0.5, 0.6) is 0 Å².